The Bertz CT molecular complexity index is 487. The van der Waals surface area contributed by atoms with Gasteiger partial charge >= 0.3 is 5.97 Å². The van der Waals surface area contributed by atoms with Crippen molar-refractivity contribution < 1.29 is 14.1 Å². The van der Waals surface area contributed by atoms with E-state index < -0.39 is 22.7 Å². The quantitative estimate of drug-likeness (QED) is 0.784. The first kappa shape index (κ1) is 14.5. The number of aliphatic carboxylic acids is 1. The number of nitrogens with one attached hydrogen (secondary N) is 1. The van der Waals surface area contributed by atoms with E-state index >= 15 is 0 Å². The van der Waals surface area contributed by atoms with Gasteiger partial charge in [0.1, 0.15) is 5.92 Å². The molecule has 2 rings (SSSR count). The first-order chi connectivity index (χ1) is 9.08. The van der Waals surface area contributed by atoms with Crippen LogP contribution in [0.2, 0.25) is 0 Å². The maximum atomic E-state index is 11.2. The fourth-order valence-electron chi connectivity index (χ4n) is 2.21. The molecule has 1 heterocycles. The summed E-state index contributed by atoms with van der Waals surface area (Å²) in [6, 6.07) is 0. The van der Waals surface area contributed by atoms with Crippen LogP contribution in [0, 0.1) is 0 Å². The second-order valence-electron chi connectivity index (χ2n) is 4.67. The maximum Gasteiger partial charge on any atom is 0.312 e. The Balaban J connectivity index is 1.97. The summed E-state index contributed by atoms with van der Waals surface area (Å²) in [5.41, 5.74) is 0.741. The number of hydrogen-bond donors (Lipinski definition) is 2. The summed E-state index contributed by atoms with van der Waals surface area (Å²) in [4.78, 5) is 16.7. The number of nitrogens with zero attached hydrogens (tertiary/aromatic N) is 1. The minimum absolute atomic E-state index is 0.446. The second kappa shape index (κ2) is 6.47. The zero-order valence-electron chi connectivity index (χ0n) is 10.8. The van der Waals surface area contributed by atoms with Gasteiger partial charge in [-0.1, -0.05) is 0 Å². The smallest absolute Gasteiger partial charge is 0.312 e. The number of anilines is 1. The van der Waals surface area contributed by atoms with E-state index in [-0.39, 0.29) is 0 Å². The normalized spacial score (nSPS) is 19.7. The Kier molecular flexibility index (Phi) is 4.93. The van der Waals surface area contributed by atoms with Crippen LogP contribution in [0.15, 0.2) is 0 Å². The summed E-state index contributed by atoms with van der Waals surface area (Å²) in [6.45, 7) is 0.726. The van der Waals surface area contributed by atoms with Crippen LogP contribution < -0.4 is 5.32 Å². The highest BCUT2D eigenvalue weighted by Crippen LogP contribution is 2.36. The monoisotopic (exact) mass is 302 g/mol. The zero-order chi connectivity index (χ0) is 13.8. The van der Waals surface area contributed by atoms with Crippen molar-refractivity contribution in [2.75, 3.05) is 23.9 Å². The van der Waals surface area contributed by atoms with Crippen LogP contribution in [0.25, 0.3) is 0 Å². The fourth-order valence-corrected chi connectivity index (χ4v) is 3.85. The van der Waals surface area contributed by atoms with E-state index in [1.165, 1.54) is 0 Å². The van der Waals surface area contributed by atoms with Crippen LogP contribution in [-0.2, 0) is 22.0 Å². The van der Waals surface area contributed by atoms with Gasteiger partial charge in [0.15, 0.2) is 5.13 Å². The number of hydrogen-bond acceptors (Lipinski definition) is 5. The molecule has 0 bridgehead atoms. The number of carboxylic acids is 1. The van der Waals surface area contributed by atoms with Crippen molar-refractivity contribution in [2.45, 2.75) is 31.6 Å². The van der Waals surface area contributed by atoms with E-state index in [0.717, 1.165) is 41.5 Å². The predicted molar refractivity (Wildman–Crippen MR) is 77.5 cm³/mol. The summed E-state index contributed by atoms with van der Waals surface area (Å²) in [5.74, 6) is -0.548. The van der Waals surface area contributed by atoms with Crippen molar-refractivity contribution in [2.24, 2.45) is 0 Å². The molecule has 1 aromatic rings. The molecule has 5 nitrogen and oxygen atoms in total. The third kappa shape index (κ3) is 3.76. The molecule has 0 aromatic carbocycles. The summed E-state index contributed by atoms with van der Waals surface area (Å²) in [6.07, 6.45) is 5.05. The SMILES string of the molecule is CS(=O)CCCNc1nc2c(s1)CCCC2C(=O)O. The molecule has 2 unspecified atom stereocenters. The minimum atomic E-state index is -0.779. The Morgan fingerprint density at radius 2 is 2.42 bits per heavy atom. The highest BCUT2D eigenvalue weighted by atomic mass is 32.2. The van der Waals surface area contributed by atoms with Crippen molar-refractivity contribution >= 4 is 33.2 Å². The number of rotatable bonds is 6. The number of fused-ring (bicyclic) bond motifs is 1. The molecule has 0 saturated carbocycles. The molecule has 0 fully saturated rings. The van der Waals surface area contributed by atoms with Crippen molar-refractivity contribution in [3.05, 3.63) is 10.6 Å². The minimum Gasteiger partial charge on any atom is -0.481 e. The molecule has 1 aliphatic rings. The van der Waals surface area contributed by atoms with Crippen molar-refractivity contribution in [3.63, 3.8) is 0 Å². The highest BCUT2D eigenvalue weighted by molar-refractivity contribution is 7.84. The van der Waals surface area contributed by atoms with Crippen LogP contribution in [0.3, 0.4) is 0 Å². The van der Waals surface area contributed by atoms with Crippen LogP contribution >= 0.6 is 11.3 Å². The van der Waals surface area contributed by atoms with Crippen LogP contribution in [0.4, 0.5) is 5.13 Å². The van der Waals surface area contributed by atoms with Gasteiger partial charge < -0.3 is 10.4 Å². The van der Waals surface area contributed by atoms with Crippen LogP contribution in [-0.4, -0.2) is 38.8 Å². The van der Waals surface area contributed by atoms with Gasteiger partial charge in [-0.2, -0.15) is 0 Å². The molecular formula is C12H18N2O3S2. The number of carbonyl (C=O) groups is 1. The molecule has 1 aliphatic carbocycles. The molecule has 1 aromatic heterocycles. The summed E-state index contributed by atoms with van der Waals surface area (Å²) < 4.78 is 10.9. The number of aryl methyl sites for hydroxylation is 1. The lowest BCUT2D eigenvalue weighted by atomic mass is 9.91. The van der Waals surface area contributed by atoms with Crippen LogP contribution in [0.5, 0.6) is 0 Å². The van der Waals surface area contributed by atoms with Gasteiger partial charge in [0.05, 0.1) is 5.69 Å². The third-order valence-corrected chi connectivity index (χ3v) is 5.09. The van der Waals surface area contributed by atoms with E-state index in [2.05, 4.69) is 10.3 Å². The van der Waals surface area contributed by atoms with Gasteiger partial charge in [0, 0.05) is 34.2 Å². The summed E-state index contributed by atoms with van der Waals surface area (Å²) in [5, 5.41) is 13.2. The number of carboxylic acid groups (broad SMARTS) is 1. The Hall–Kier alpha value is -0.950. The summed E-state index contributed by atoms with van der Waals surface area (Å²) in [7, 11) is -0.762. The second-order valence-corrected chi connectivity index (χ2v) is 7.31. The molecule has 2 N–H and O–H groups in total. The molecule has 0 saturated heterocycles. The number of aromatic nitrogens is 1. The zero-order valence-corrected chi connectivity index (χ0v) is 12.5. The Labute approximate surface area is 118 Å². The molecule has 19 heavy (non-hydrogen) atoms. The molecule has 0 radical (unpaired) electrons. The van der Waals surface area contributed by atoms with E-state index in [9.17, 15) is 14.1 Å². The molecule has 7 heteroatoms. The van der Waals surface area contributed by atoms with E-state index in [1.807, 2.05) is 0 Å². The first-order valence-electron chi connectivity index (χ1n) is 6.34. The average Bonchev–Trinajstić information content (AvgIpc) is 2.76. The average molecular weight is 302 g/mol. The first-order valence-corrected chi connectivity index (χ1v) is 8.88. The molecule has 106 valence electrons. The Morgan fingerprint density at radius 1 is 1.63 bits per heavy atom. The standard InChI is InChI=1S/C12H18N2O3S2/c1-19(17)7-3-6-13-12-14-10-8(11(15)16)4-2-5-9(10)18-12/h8H,2-7H2,1H3,(H,13,14)(H,15,16). The van der Waals surface area contributed by atoms with Gasteiger partial charge in [-0.05, 0) is 25.7 Å². The molecular weight excluding hydrogens is 284 g/mol. The van der Waals surface area contributed by atoms with Crippen LogP contribution in [0.1, 0.15) is 35.8 Å². The van der Waals surface area contributed by atoms with Crippen molar-refractivity contribution in [1.29, 1.82) is 0 Å². The van der Waals surface area contributed by atoms with Gasteiger partial charge in [0.25, 0.3) is 0 Å². The molecule has 0 spiro atoms. The summed E-state index contributed by atoms with van der Waals surface area (Å²) >= 11 is 1.55. The van der Waals surface area contributed by atoms with Gasteiger partial charge in [-0.3, -0.25) is 9.00 Å². The highest BCUT2D eigenvalue weighted by Gasteiger charge is 2.29. The Morgan fingerprint density at radius 3 is 3.11 bits per heavy atom. The molecule has 0 amide bonds. The third-order valence-electron chi connectivity index (χ3n) is 3.14. The number of thiazole rings is 1. The van der Waals surface area contributed by atoms with Gasteiger partial charge in [-0.25, -0.2) is 4.98 Å². The molecule has 0 aliphatic heterocycles. The lowest BCUT2D eigenvalue weighted by Crippen LogP contribution is -2.17. The van der Waals surface area contributed by atoms with Gasteiger partial charge in [-0.15, -0.1) is 11.3 Å². The van der Waals surface area contributed by atoms with Gasteiger partial charge in [0.2, 0.25) is 0 Å². The van der Waals surface area contributed by atoms with Crippen molar-refractivity contribution in [3.8, 4) is 0 Å². The lowest BCUT2D eigenvalue weighted by molar-refractivity contribution is -0.139. The van der Waals surface area contributed by atoms with E-state index in [0.29, 0.717) is 12.2 Å². The lowest BCUT2D eigenvalue weighted by Gasteiger charge is -2.16. The predicted octanol–water partition coefficient (Wildman–Crippen LogP) is 1.83. The van der Waals surface area contributed by atoms with E-state index in [1.54, 1.807) is 17.6 Å². The van der Waals surface area contributed by atoms with Crippen molar-refractivity contribution in [1.82, 2.24) is 4.98 Å². The maximum absolute atomic E-state index is 11.2. The molecule has 2 atom stereocenters. The fraction of sp³-hybridized carbons (Fsp3) is 0.667. The van der Waals surface area contributed by atoms with E-state index in [4.69, 9.17) is 0 Å². The topological polar surface area (TPSA) is 79.3 Å². The largest absolute Gasteiger partial charge is 0.481 e.